The Labute approximate surface area is 89.2 Å². The van der Waals surface area contributed by atoms with Gasteiger partial charge >= 0.3 is 5.97 Å². The average Bonchev–Trinajstić information content (AvgIpc) is 2.37. The first-order valence-electron chi connectivity index (χ1n) is 4.82. The number of rotatable bonds is 3. The maximum absolute atomic E-state index is 10.4. The Hall–Kier alpha value is -1.58. The average molecular weight is 208 g/mol. The molecule has 0 aliphatic carbocycles. The molecule has 4 heteroatoms. The molecule has 82 valence electrons. The van der Waals surface area contributed by atoms with Crippen LogP contribution in [0.3, 0.4) is 0 Å². The molecule has 0 fully saturated rings. The zero-order valence-corrected chi connectivity index (χ0v) is 9.53. The van der Waals surface area contributed by atoms with Gasteiger partial charge in [0.1, 0.15) is 0 Å². The summed E-state index contributed by atoms with van der Waals surface area (Å²) in [6, 6.07) is 0. The largest absolute Gasteiger partial charge is 0.481 e. The number of carbonyl (C=O) groups is 1. The van der Waals surface area contributed by atoms with Gasteiger partial charge in [0.25, 0.3) is 0 Å². The molecule has 0 bridgehead atoms. The van der Waals surface area contributed by atoms with Gasteiger partial charge in [0, 0.05) is 18.3 Å². The molecule has 15 heavy (non-hydrogen) atoms. The second-order valence-electron chi connectivity index (χ2n) is 3.65. The number of hydrogen-bond acceptors (Lipinski definition) is 2. The van der Waals surface area contributed by atoms with Crippen LogP contribution in [0.2, 0.25) is 0 Å². The van der Waals surface area contributed by atoms with E-state index in [1.165, 1.54) is 0 Å². The number of allylic oxidation sites excluding steroid dienone is 1. The molecule has 1 aromatic rings. The third-order valence-electron chi connectivity index (χ3n) is 2.49. The molecule has 0 saturated carbocycles. The zero-order chi connectivity index (χ0) is 11.6. The minimum absolute atomic E-state index is 0.0552. The SMILES string of the molecule is C/C(=C\CC(=O)O)c1c(C)nn(C)c1C. The van der Waals surface area contributed by atoms with E-state index >= 15 is 0 Å². The van der Waals surface area contributed by atoms with Crippen LogP contribution in [-0.4, -0.2) is 20.9 Å². The highest BCUT2D eigenvalue weighted by Crippen LogP contribution is 2.21. The minimum Gasteiger partial charge on any atom is -0.481 e. The minimum atomic E-state index is -0.812. The molecule has 0 aliphatic rings. The molecule has 4 nitrogen and oxygen atoms in total. The van der Waals surface area contributed by atoms with E-state index < -0.39 is 5.97 Å². The lowest BCUT2D eigenvalue weighted by Gasteiger charge is -2.01. The predicted molar refractivity (Wildman–Crippen MR) is 58.6 cm³/mol. The Bertz CT molecular complexity index is 416. The summed E-state index contributed by atoms with van der Waals surface area (Å²) in [5.41, 5.74) is 4.03. The van der Waals surface area contributed by atoms with Crippen LogP contribution in [-0.2, 0) is 11.8 Å². The van der Waals surface area contributed by atoms with E-state index in [0.29, 0.717) is 0 Å². The van der Waals surface area contributed by atoms with Gasteiger partial charge in [-0.2, -0.15) is 5.10 Å². The summed E-state index contributed by atoms with van der Waals surface area (Å²) in [5.74, 6) is -0.812. The van der Waals surface area contributed by atoms with Gasteiger partial charge in [0.15, 0.2) is 0 Å². The molecule has 0 atom stereocenters. The van der Waals surface area contributed by atoms with Gasteiger partial charge in [0.2, 0.25) is 0 Å². The van der Waals surface area contributed by atoms with Crippen LogP contribution in [0, 0.1) is 13.8 Å². The predicted octanol–water partition coefficient (Wildman–Crippen LogP) is 1.91. The van der Waals surface area contributed by atoms with Gasteiger partial charge in [-0.1, -0.05) is 6.08 Å². The van der Waals surface area contributed by atoms with E-state index in [-0.39, 0.29) is 6.42 Å². The van der Waals surface area contributed by atoms with Crippen LogP contribution in [0.15, 0.2) is 6.08 Å². The highest BCUT2D eigenvalue weighted by Gasteiger charge is 2.10. The molecular weight excluding hydrogens is 192 g/mol. The molecule has 0 unspecified atom stereocenters. The summed E-state index contributed by atoms with van der Waals surface area (Å²) in [5, 5.41) is 12.9. The molecule has 0 spiro atoms. The lowest BCUT2D eigenvalue weighted by atomic mass is 10.0. The van der Waals surface area contributed by atoms with Crippen LogP contribution in [0.4, 0.5) is 0 Å². The van der Waals surface area contributed by atoms with Crippen molar-refractivity contribution in [2.24, 2.45) is 7.05 Å². The van der Waals surface area contributed by atoms with E-state index in [2.05, 4.69) is 5.10 Å². The fourth-order valence-corrected chi connectivity index (χ4v) is 1.69. The van der Waals surface area contributed by atoms with E-state index in [4.69, 9.17) is 5.11 Å². The van der Waals surface area contributed by atoms with Gasteiger partial charge in [0.05, 0.1) is 12.1 Å². The smallest absolute Gasteiger partial charge is 0.307 e. The topological polar surface area (TPSA) is 55.1 Å². The number of carboxylic acid groups (broad SMARTS) is 1. The molecule has 1 N–H and O–H groups in total. The second kappa shape index (κ2) is 4.29. The summed E-state index contributed by atoms with van der Waals surface area (Å²) in [6.07, 6.45) is 1.78. The van der Waals surface area contributed by atoms with Crippen LogP contribution < -0.4 is 0 Å². The maximum atomic E-state index is 10.4. The van der Waals surface area contributed by atoms with Crippen molar-refractivity contribution in [1.29, 1.82) is 0 Å². The van der Waals surface area contributed by atoms with Crippen molar-refractivity contribution in [1.82, 2.24) is 9.78 Å². The number of aryl methyl sites for hydroxylation is 2. The summed E-state index contributed by atoms with van der Waals surface area (Å²) in [7, 11) is 1.89. The molecule has 0 saturated heterocycles. The first-order valence-corrected chi connectivity index (χ1v) is 4.82. The van der Waals surface area contributed by atoms with Gasteiger partial charge in [-0.3, -0.25) is 9.48 Å². The van der Waals surface area contributed by atoms with Gasteiger partial charge in [-0.25, -0.2) is 0 Å². The van der Waals surface area contributed by atoms with Crippen LogP contribution >= 0.6 is 0 Å². The van der Waals surface area contributed by atoms with Crippen molar-refractivity contribution in [3.63, 3.8) is 0 Å². The third-order valence-corrected chi connectivity index (χ3v) is 2.49. The van der Waals surface area contributed by atoms with E-state index in [1.807, 2.05) is 32.5 Å². The number of aliphatic carboxylic acids is 1. The first-order chi connectivity index (χ1) is 6.93. The zero-order valence-electron chi connectivity index (χ0n) is 9.53. The molecule has 1 aromatic heterocycles. The monoisotopic (exact) mass is 208 g/mol. The Morgan fingerprint density at radius 2 is 2.13 bits per heavy atom. The highest BCUT2D eigenvalue weighted by atomic mass is 16.4. The van der Waals surface area contributed by atoms with Crippen LogP contribution in [0.5, 0.6) is 0 Å². The fraction of sp³-hybridized carbons (Fsp3) is 0.455. The quantitative estimate of drug-likeness (QED) is 0.825. The third kappa shape index (κ3) is 2.46. The second-order valence-corrected chi connectivity index (χ2v) is 3.65. The molecule has 1 rings (SSSR count). The summed E-state index contributed by atoms with van der Waals surface area (Å²) >= 11 is 0. The van der Waals surface area contributed by atoms with E-state index in [9.17, 15) is 4.79 Å². The lowest BCUT2D eigenvalue weighted by Crippen LogP contribution is -1.94. The summed E-state index contributed by atoms with van der Waals surface area (Å²) in [4.78, 5) is 10.4. The maximum Gasteiger partial charge on any atom is 0.307 e. The number of aromatic nitrogens is 2. The van der Waals surface area contributed by atoms with Crippen molar-refractivity contribution in [3.05, 3.63) is 23.0 Å². The summed E-state index contributed by atoms with van der Waals surface area (Å²) < 4.78 is 1.81. The van der Waals surface area contributed by atoms with Crippen LogP contribution in [0.1, 0.15) is 30.3 Å². The van der Waals surface area contributed by atoms with Gasteiger partial charge in [-0.05, 0) is 26.3 Å². The molecule has 0 aromatic carbocycles. The van der Waals surface area contributed by atoms with Crippen molar-refractivity contribution in [3.8, 4) is 0 Å². The Kier molecular flexibility index (Phi) is 3.29. The number of hydrogen-bond donors (Lipinski definition) is 1. The van der Waals surface area contributed by atoms with E-state index in [1.54, 1.807) is 6.08 Å². The first kappa shape index (κ1) is 11.5. The molecule has 1 heterocycles. The highest BCUT2D eigenvalue weighted by molar-refractivity contribution is 5.74. The van der Waals surface area contributed by atoms with Crippen molar-refractivity contribution in [2.45, 2.75) is 27.2 Å². The molecule has 0 aliphatic heterocycles. The van der Waals surface area contributed by atoms with Gasteiger partial charge in [-0.15, -0.1) is 0 Å². The molecule has 0 amide bonds. The van der Waals surface area contributed by atoms with Gasteiger partial charge < -0.3 is 5.11 Å². The van der Waals surface area contributed by atoms with Crippen molar-refractivity contribution >= 4 is 11.5 Å². The standard InChI is InChI=1S/C11H16N2O2/c1-7(5-6-10(14)15)11-8(2)12-13(4)9(11)3/h5H,6H2,1-4H3,(H,14,15)/b7-5+. The molecular formula is C11H16N2O2. The number of nitrogens with zero attached hydrogens (tertiary/aromatic N) is 2. The molecule has 0 radical (unpaired) electrons. The Morgan fingerprint density at radius 1 is 1.53 bits per heavy atom. The van der Waals surface area contributed by atoms with Crippen LogP contribution in [0.25, 0.3) is 5.57 Å². The summed E-state index contributed by atoms with van der Waals surface area (Å²) in [6.45, 7) is 5.83. The Morgan fingerprint density at radius 3 is 2.53 bits per heavy atom. The lowest BCUT2D eigenvalue weighted by molar-refractivity contribution is -0.135. The normalized spacial score (nSPS) is 11.9. The van der Waals surface area contributed by atoms with E-state index in [0.717, 1.165) is 22.5 Å². The Balaban J connectivity index is 3.05. The van der Waals surface area contributed by atoms with Crippen molar-refractivity contribution < 1.29 is 9.90 Å². The number of carboxylic acids is 1. The fourth-order valence-electron chi connectivity index (χ4n) is 1.69. The van der Waals surface area contributed by atoms with Crippen molar-refractivity contribution in [2.75, 3.05) is 0 Å².